The number of amides is 2. The molecule has 2 amide bonds. The maximum atomic E-state index is 12.1. The molecule has 0 aliphatic carbocycles. The van der Waals surface area contributed by atoms with Crippen LogP contribution in [-0.2, 0) is 9.53 Å². The van der Waals surface area contributed by atoms with Crippen molar-refractivity contribution >= 4 is 12.0 Å². The molecule has 134 valence electrons. The minimum absolute atomic E-state index is 0.134. The monoisotopic (exact) mass is 337 g/mol. The van der Waals surface area contributed by atoms with Crippen LogP contribution < -0.4 is 0 Å². The first kappa shape index (κ1) is 18.4. The number of carbonyl (C=O) groups excluding carboxylic acids is 2. The third kappa shape index (κ3) is 5.30. The van der Waals surface area contributed by atoms with Crippen LogP contribution in [0.1, 0.15) is 40.0 Å². The molecule has 0 aromatic carbocycles. The highest BCUT2D eigenvalue weighted by Gasteiger charge is 2.33. The quantitative estimate of drug-likeness (QED) is 0.448. The van der Waals surface area contributed by atoms with Gasteiger partial charge in [0, 0.05) is 44.1 Å². The standard InChI is InChI=1S/C16H27N5O3/c1-16(2,3)24-15(23)20-6-4-12(5-7-20)10-21-11-13(8-14(21)22)9-18-19-17/h12-13H,4-11H2,1-3H3. The van der Waals surface area contributed by atoms with Gasteiger partial charge in [-0.05, 0) is 51.0 Å². The van der Waals surface area contributed by atoms with Crippen molar-refractivity contribution in [3.63, 3.8) is 0 Å². The summed E-state index contributed by atoms with van der Waals surface area (Å²) in [6.07, 6.45) is 1.97. The third-order valence-electron chi connectivity index (χ3n) is 4.44. The van der Waals surface area contributed by atoms with E-state index in [-0.39, 0.29) is 17.9 Å². The fourth-order valence-corrected chi connectivity index (χ4v) is 3.24. The maximum Gasteiger partial charge on any atom is 0.410 e. The summed E-state index contributed by atoms with van der Waals surface area (Å²) >= 11 is 0. The minimum atomic E-state index is -0.475. The Hall–Kier alpha value is -1.95. The van der Waals surface area contributed by atoms with E-state index in [1.54, 1.807) is 4.90 Å². The highest BCUT2D eigenvalue weighted by molar-refractivity contribution is 5.78. The van der Waals surface area contributed by atoms with Gasteiger partial charge in [0.15, 0.2) is 0 Å². The van der Waals surface area contributed by atoms with Crippen LogP contribution in [-0.4, -0.2) is 60.1 Å². The van der Waals surface area contributed by atoms with Crippen LogP contribution in [0, 0.1) is 11.8 Å². The maximum absolute atomic E-state index is 12.1. The summed E-state index contributed by atoms with van der Waals surface area (Å²) in [5, 5.41) is 3.57. The Labute approximate surface area is 142 Å². The molecule has 0 aromatic heterocycles. The van der Waals surface area contributed by atoms with Gasteiger partial charge in [-0.3, -0.25) is 4.79 Å². The Morgan fingerprint density at radius 3 is 2.58 bits per heavy atom. The van der Waals surface area contributed by atoms with Crippen LogP contribution in [0.5, 0.6) is 0 Å². The summed E-state index contributed by atoms with van der Waals surface area (Å²) in [5.41, 5.74) is 7.90. The van der Waals surface area contributed by atoms with E-state index in [0.717, 1.165) is 19.4 Å². The minimum Gasteiger partial charge on any atom is -0.444 e. The number of likely N-dealkylation sites (tertiary alicyclic amines) is 2. The second-order valence-corrected chi connectivity index (χ2v) is 7.69. The lowest BCUT2D eigenvalue weighted by Gasteiger charge is -2.34. The third-order valence-corrected chi connectivity index (χ3v) is 4.44. The zero-order valence-electron chi connectivity index (χ0n) is 14.8. The molecule has 2 saturated heterocycles. The van der Waals surface area contributed by atoms with E-state index >= 15 is 0 Å². The molecular formula is C16H27N5O3. The predicted octanol–water partition coefficient (Wildman–Crippen LogP) is 2.79. The second kappa shape index (κ2) is 7.75. The first-order valence-corrected chi connectivity index (χ1v) is 8.55. The molecule has 1 atom stereocenters. The lowest BCUT2D eigenvalue weighted by Crippen LogP contribution is -2.44. The summed E-state index contributed by atoms with van der Waals surface area (Å²) in [6.45, 7) is 8.72. The number of rotatable bonds is 4. The van der Waals surface area contributed by atoms with E-state index in [1.807, 2.05) is 25.7 Å². The lowest BCUT2D eigenvalue weighted by molar-refractivity contribution is -0.128. The average Bonchev–Trinajstić information content (AvgIpc) is 2.84. The van der Waals surface area contributed by atoms with Crippen LogP contribution in [0.3, 0.4) is 0 Å². The summed E-state index contributed by atoms with van der Waals surface area (Å²) in [4.78, 5) is 30.5. The van der Waals surface area contributed by atoms with E-state index < -0.39 is 5.60 Å². The average molecular weight is 337 g/mol. The van der Waals surface area contributed by atoms with Crippen molar-refractivity contribution < 1.29 is 14.3 Å². The first-order chi connectivity index (χ1) is 11.3. The van der Waals surface area contributed by atoms with Crippen LogP contribution in [0.4, 0.5) is 4.79 Å². The van der Waals surface area contributed by atoms with Gasteiger partial charge in [0.25, 0.3) is 0 Å². The molecule has 0 spiro atoms. The molecule has 2 fully saturated rings. The zero-order valence-corrected chi connectivity index (χ0v) is 14.8. The van der Waals surface area contributed by atoms with Crippen LogP contribution in [0.15, 0.2) is 5.11 Å². The Morgan fingerprint density at radius 1 is 1.33 bits per heavy atom. The van der Waals surface area contributed by atoms with Gasteiger partial charge in [0.05, 0.1) is 0 Å². The van der Waals surface area contributed by atoms with Crippen LogP contribution in [0.25, 0.3) is 10.4 Å². The van der Waals surface area contributed by atoms with Crippen molar-refractivity contribution in [3.05, 3.63) is 10.4 Å². The van der Waals surface area contributed by atoms with E-state index in [0.29, 0.717) is 38.5 Å². The Balaban J connectivity index is 1.76. The molecular weight excluding hydrogens is 310 g/mol. The summed E-state index contributed by atoms with van der Waals surface area (Å²) < 4.78 is 5.40. The number of piperidine rings is 1. The van der Waals surface area contributed by atoms with E-state index in [2.05, 4.69) is 10.0 Å². The van der Waals surface area contributed by atoms with Crippen LogP contribution in [0.2, 0.25) is 0 Å². The van der Waals surface area contributed by atoms with Crippen molar-refractivity contribution in [3.8, 4) is 0 Å². The summed E-state index contributed by atoms with van der Waals surface area (Å²) in [7, 11) is 0. The van der Waals surface area contributed by atoms with E-state index in [9.17, 15) is 9.59 Å². The number of azide groups is 1. The highest BCUT2D eigenvalue weighted by Crippen LogP contribution is 2.24. The molecule has 2 aliphatic rings. The van der Waals surface area contributed by atoms with Gasteiger partial charge >= 0.3 is 6.09 Å². The smallest absolute Gasteiger partial charge is 0.410 e. The number of hydrogen-bond acceptors (Lipinski definition) is 4. The molecule has 0 N–H and O–H groups in total. The molecule has 2 rings (SSSR count). The Morgan fingerprint density at radius 2 is 2.00 bits per heavy atom. The molecule has 0 radical (unpaired) electrons. The summed E-state index contributed by atoms with van der Waals surface area (Å²) in [6, 6.07) is 0. The van der Waals surface area contributed by atoms with Crippen molar-refractivity contribution in [2.75, 3.05) is 32.7 Å². The van der Waals surface area contributed by atoms with E-state index in [1.165, 1.54) is 0 Å². The van der Waals surface area contributed by atoms with Crippen LogP contribution >= 0.6 is 0 Å². The van der Waals surface area contributed by atoms with Gasteiger partial charge in [0.1, 0.15) is 5.60 Å². The van der Waals surface area contributed by atoms with Crippen molar-refractivity contribution in [1.29, 1.82) is 0 Å². The van der Waals surface area contributed by atoms with E-state index in [4.69, 9.17) is 10.3 Å². The largest absolute Gasteiger partial charge is 0.444 e. The van der Waals surface area contributed by atoms with Crippen molar-refractivity contribution in [2.24, 2.45) is 17.0 Å². The number of carbonyl (C=O) groups is 2. The van der Waals surface area contributed by atoms with Gasteiger partial charge < -0.3 is 14.5 Å². The van der Waals surface area contributed by atoms with Gasteiger partial charge in [-0.25, -0.2) is 4.79 Å². The van der Waals surface area contributed by atoms with Gasteiger partial charge in [-0.15, -0.1) is 0 Å². The Bertz CT molecular complexity index is 516. The normalized spacial score (nSPS) is 22.5. The lowest BCUT2D eigenvalue weighted by atomic mass is 9.96. The van der Waals surface area contributed by atoms with Gasteiger partial charge in [0.2, 0.25) is 5.91 Å². The van der Waals surface area contributed by atoms with Crippen molar-refractivity contribution in [1.82, 2.24) is 9.80 Å². The molecule has 8 nitrogen and oxygen atoms in total. The van der Waals surface area contributed by atoms with Gasteiger partial charge in [-0.2, -0.15) is 0 Å². The zero-order chi connectivity index (χ0) is 17.7. The second-order valence-electron chi connectivity index (χ2n) is 7.69. The molecule has 8 heteroatoms. The molecule has 2 aliphatic heterocycles. The molecule has 1 unspecified atom stereocenters. The molecule has 0 bridgehead atoms. The fraction of sp³-hybridized carbons (Fsp3) is 0.875. The fourth-order valence-electron chi connectivity index (χ4n) is 3.24. The number of hydrogen-bond donors (Lipinski definition) is 0. The van der Waals surface area contributed by atoms with Gasteiger partial charge in [-0.1, -0.05) is 5.11 Å². The highest BCUT2D eigenvalue weighted by atomic mass is 16.6. The predicted molar refractivity (Wildman–Crippen MR) is 89.2 cm³/mol. The first-order valence-electron chi connectivity index (χ1n) is 8.55. The SMILES string of the molecule is CC(C)(C)OC(=O)N1CCC(CN2CC(CN=[N+]=[N-])CC2=O)CC1. The number of ether oxygens (including phenoxy) is 1. The Kier molecular flexibility index (Phi) is 5.94. The molecule has 2 heterocycles. The molecule has 0 saturated carbocycles. The number of nitrogens with zero attached hydrogens (tertiary/aromatic N) is 5. The summed E-state index contributed by atoms with van der Waals surface area (Å²) in [5.74, 6) is 0.684. The molecule has 24 heavy (non-hydrogen) atoms. The topological polar surface area (TPSA) is 98.6 Å². The van der Waals surface area contributed by atoms with Crippen molar-refractivity contribution in [2.45, 2.75) is 45.6 Å². The molecule has 0 aromatic rings.